The second kappa shape index (κ2) is 3.73. The molecule has 82 valence electrons. The minimum absolute atomic E-state index is 0.369. The molecule has 0 spiro atoms. The zero-order valence-electron chi connectivity index (χ0n) is 8.70. The maximum Gasteiger partial charge on any atom is 0.348 e. The van der Waals surface area contributed by atoms with Gasteiger partial charge in [0.1, 0.15) is 4.88 Å². The number of hydrogen-bond acceptors (Lipinski definition) is 4. The third-order valence-corrected chi connectivity index (χ3v) is 3.60. The van der Waals surface area contributed by atoms with E-state index in [1.54, 1.807) is 0 Å². The van der Waals surface area contributed by atoms with Gasteiger partial charge in [-0.2, -0.15) is 0 Å². The third-order valence-electron chi connectivity index (χ3n) is 2.63. The van der Waals surface area contributed by atoms with Crippen LogP contribution in [0.2, 0.25) is 0 Å². The van der Waals surface area contributed by atoms with Gasteiger partial charge in [-0.1, -0.05) is 13.8 Å². The van der Waals surface area contributed by atoms with Crippen LogP contribution in [0.15, 0.2) is 5.38 Å². The number of anilines is 2. The lowest BCUT2D eigenvalue weighted by Gasteiger charge is -2.29. The van der Waals surface area contributed by atoms with Crippen molar-refractivity contribution in [2.45, 2.75) is 19.9 Å². The summed E-state index contributed by atoms with van der Waals surface area (Å²) in [7, 11) is 0. The van der Waals surface area contributed by atoms with E-state index >= 15 is 0 Å². The van der Waals surface area contributed by atoms with Crippen molar-refractivity contribution in [2.24, 2.45) is 5.92 Å². The molecule has 1 aromatic heterocycles. The Labute approximate surface area is 92.3 Å². The largest absolute Gasteiger partial charge is 0.477 e. The average Bonchev–Trinajstić information content (AvgIpc) is 2.59. The summed E-state index contributed by atoms with van der Waals surface area (Å²) in [5.41, 5.74) is 1.66. The minimum atomic E-state index is -0.862. The Morgan fingerprint density at radius 1 is 1.67 bits per heavy atom. The fourth-order valence-electron chi connectivity index (χ4n) is 1.66. The molecule has 0 aliphatic carbocycles. The minimum Gasteiger partial charge on any atom is -0.477 e. The highest BCUT2D eigenvalue weighted by molar-refractivity contribution is 7.13. The topological polar surface area (TPSA) is 61.4 Å². The molecule has 0 saturated carbocycles. The summed E-state index contributed by atoms with van der Waals surface area (Å²) in [5.74, 6) is -0.336. The lowest BCUT2D eigenvalue weighted by Crippen LogP contribution is -2.36. The molecule has 2 rings (SSSR count). The molecule has 0 bridgehead atoms. The van der Waals surface area contributed by atoms with Crippen molar-refractivity contribution in [2.75, 3.05) is 17.2 Å². The van der Waals surface area contributed by atoms with Crippen molar-refractivity contribution in [3.8, 4) is 0 Å². The molecule has 0 amide bonds. The fraction of sp³-hybridized carbons (Fsp3) is 0.500. The number of aromatic carboxylic acids is 1. The van der Waals surface area contributed by atoms with Gasteiger partial charge in [-0.3, -0.25) is 0 Å². The number of hydrogen-bond donors (Lipinski definition) is 3. The van der Waals surface area contributed by atoms with E-state index in [1.165, 1.54) is 11.3 Å². The number of nitrogens with one attached hydrogen (secondary N) is 2. The summed E-state index contributed by atoms with van der Waals surface area (Å²) >= 11 is 1.26. The smallest absolute Gasteiger partial charge is 0.348 e. The van der Waals surface area contributed by atoms with Crippen LogP contribution in [0.1, 0.15) is 23.5 Å². The summed E-state index contributed by atoms with van der Waals surface area (Å²) in [6.07, 6.45) is 0. The van der Waals surface area contributed by atoms with Gasteiger partial charge in [0.25, 0.3) is 0 Å². The molecule has 0 radical (unpaired) electrons. The summed E-state index contributed by atoms with van der Waals surface area (Å²) in [6.45, 7) is 5.07. The van der Waals surface area contributed by atoms with Crippen LogP contribution in [0.3, 0.4) is 0 Å². The van der Waals surface area contributed by atoms with Crippen LogP contribution >= 0.6 is 11.3 Å². The first-order valence-electron chi connectivity index (χ1n) is 4.94. The molecule has 5 heteroatoms. The van der Waals surface area contributed by atoms with Gasteiger partial charge >= 0.3 is 5.97 Å². The third kappa shape index (κ3) is 1.79. The van der Waals surface area contributed by atoms with E-state index in [2.05, 4.69) is 24.5 Å². The van der Waals surface area contributed by atoms with Gasteiger partial charge < -0.3 is 15.7 Å². The summed E-state index contributed by atoms with van der Waals surface area (Å²) in [4.78, 5) is 11.3. The van der Waals surface area contributed by atoms with Gasteiger partial charge in [0.15, 0.2) is 0 Å². The van der Waals surface area contributed by atoms with Gasteiger partial charge in [-0.15, -0.1) is 11.3 Å². The SMILES string of the molecule is CC(C)C1CNc2c(csc2C(=O)O)N1. The zero-order chi connectivity index (χ0) is 11.0. The molecule has 0 fully saturated rings. The van der Waals surface area contributed by atoms with Crippen LogP contribution in [-0.2, 0) is 0 Å². The molecule has 2 heterocycles. The maximum atomic E-state index is 10.9. The highest BCUT2D eigenvalue weighted by Crippen LogP contribution is 2.36. The average molecular weight is 226 g/mol. The molecule has 1 atom stereocenters. The number of carboxylic acid groups (broad SMARTS) is 1. The Morgan fingerprint density at radius 2 is 2.40 bits per heavy atom. The van der Waals surface area contributed by atoms with Crippen molar-refractivity contribution in [3.05, 3.63) is 10.3 Å². The number of carbonyl (C=O) groups is 1. The number of thiophene rings is 1. The first-order chi connectivity index (χ1) is 7.09. The van der Waals surface area contributed by atoms with Crippen molar-refractivity contribution in [1.82, 2.24) is 0 Å². The molecule has 1 aliphatic rings. The number of rotatable bonds is 2. The zero-order valence-corrected chi connectivity index (χ0v) is 9.52. The van der Waals surface area contributed by atoms with Crippen LogP contribution in [0.25, 0.3) is 0 Å². The van der Waals surface area contributed by atoms with Crippen LogP contribution in [-0.4, -0.2) is 23.7 Å². The van der Waals surface area contributed by atoms with Crippen molar-refractivity contribution < 1.29 is 9.90 Å². The normalized spacial score (nSPS) is 19.3. The quantitative estimate of drug-likeness (QED) is 0.724. The Bertz CT molecular complexity index is 387. The van der Waals surface area contributed by atoms with Crippen molar-refractivity contribution in [3.63, 3.8) is 0 Å². The van der Waals surface area contributed by atoms with Crippen LogP contribution in [0, 0.1) is 5.92 Å². The Morgan fingerprint density at radius 3 is 3.00 bits per heavy atom. The molecule has 15 heavy (non-hydrogen) atoms. The second-order valence-corrected chi connectivity index (χ2v) is 4.91. The van der Waals surface area contributed by atoms with Crippen LogP contribution < -0.4 is 10.6 Å². The first-order valence-corrected chi connectivity index (χ1v) is 5.82. The van der Waals surface area contributed by atoms with E-state index in [0.717, 1.165) is 17.9 Å². The first kappa shape index (κ1) is 10.3. The monoisotopic (exact) mass is 226 g/mol. The van der Waals surface area contributed by atoms with E-state index in [-0.39, 0.29) is 0 Å². The molecule has 1 aliphatic heterocycles. The summed E-state index contributed by atoms with van der Waals surface area (Å²) < 4.78 is 0. The van der Waals surface area contributed by atoms with Gasteiger partial charge in [0.05, 0.1) is 11.4 Å². The van der Waals surface area contributed by atoms with Gasteiger partial charge in [-0.25, -0.2) is 4.79 Å². The Kier molecular flexibility index (Phi) is 2.56. The van der Waals surface area contributed by atoms with Gasteiger partial charge in [0.2, 0.25) is 0 Å². The van der Waals surface area contributed by atoms with E-state index in [0.29, 0.717) is 16.8 Å². The highest BCUT2D eigenvalue weighted by Gasteiger charge is 2.25. The second-order valence-electron chi connectivity index (χ2n) is 4.03. The number of fused-ring (bicyclic) bond motifs is 1. The van der Waals surface area contributed by atoms with Crippen molar-refractivity contribution in [1.29, 1.82) is 0 Å². The molecule has 1 unspecified atom stereocenters. The Balaban J connectivity index is 2.26. The molecule has 0 aromatic carbocycles. The van der Waals surface area contributed by atoms with Crippen LogP contribution in [0.5, 0.6) is 0 Å². The number of carboxylic acids is 1. The standard InChI is InChI=1S/C10H14N2O2S/c1-5(2)6-3-11-8-7(12-6)4-15-9(8)10(13)14/h4-6,11-12H,3H2,1-2H3,(H,13,14). The molecule has 0 saturated heterocycles. The molecular weight excluding hydrogens is 212 g/mol. The van der Waals surface area contributed by atoms with Gasteiger partial charge in [0, 0.05) is 18.0 Å². The summed E-state index contributed by atoms with van der Waals surface area (Å²) in [5, 5.41) is 17.4. The van der Waals surface area contributed by atoms with E-state index in [9.17, 15) is 4.79 Å². The van der Waals surface area contributed by atoms with Crippen molar-refractivity contribution >= 4 is 28.7 Å². The van der Waals surface area contributed by atoms with Crippen LogP contribution in [0.4, 0.5) is 11.4 Å². The molecular formula is C10H14N2O2S. The van der Waals surface area contributed by atoms with Gasteiger partial charge in [-0.05, 0) is 5.92 Å². The van der Waals surface area contributed by atoms with E-state index in [4.69, 9.17) is 5.11 Å². The lowest BCUT2D eigenvalue weighted by atomic mass is 10.0. The molecule has 3 N–H and O–H groups in total. The molecule has 4 nitrogen and oxygen atoms in total. The Hall–Kier alpha value is -1.23. The lowest BCUT2D eigenvalue weighted by molar-refractivity contribution is 0.0703. The summed E-state index contributed by atoms with van der Waals surface area (Å²) in [6, 6.07) is 0.369. The predicted molar refractivity (Wildman–Crippen MR) is 62.0 cm³/mol. The predicted octanol–water partition coefficient (Wildman–Crippen LogP) is 2.31. The van der Waals surface area contributed by atoms with E-state index < -0.39 is 5.97 Å². The highest BCUT2D eigenvalue weighted by atomic mass is 32.1. The fourth-order valence-corrected chi connectivity index (χ4v) is 2.48. The molecule has 1 aromatic rings. The maximum absolute atomic E-state index is 10.9. The van der Waals surface area contributed by atoms with E-state index in [1.807, 2.05) is 5.38 Å².